The molecule has 0 radical (unpaired) electrons. The number of halogens is 1. The van der Waals surface area contributed by atoms with Gasteiger partial charge in [0.1, 0.15) is 13.1 Å². The minimum Gasteiger partial charge on any atom is -0.477 e. The fraction of sp³-hybridized carbons (Fsp3) is 0.714. The van der Waals surface area contributed by atoms with Gasteiger partial charge in [-0.1, -0.05) is 0 Å². The number of hydrogen-bond acceptors (Lipinski definition) is 4. The second-order valence-electron chi connectivity index (χ2n) is 3.25. The van der Waals surface area contributed by atoms with Crippen LogP contribution in [0.5, 0.6) is 0 Å². The van der Waals surface area contributed by atoms with Gasteiger partial charge < -0.3 is 10.8 Å². The van der Waals surface area contributed by atoms with E-state index in [9.17, 15) is 9.59 Å². The van der Waals surface area contributed by atoms with E-state index >= 15 is 0 Å². The summed E-state index contributed by atoms with van der Waals surface area (Å²) in [6, 6.07) is -0.823. The molecule has 0 saturated carbocycles. The number of aliphatic carboxylic acids is 1. The summed E-state index contributed by atoms with van der Waals surface area (Å²) in [5.74, 6) is 4.25. The molecule has 1 amide bonds. The van der Waals surface area contributed by atoms with Crippen molar-refractivity contribution in [1.82, 2.24) is 0 Å². The number of quaternary nitrogens is 1. The molecule has 1 saturated heterocycles. The average molecular weight is 269 g/mol. The molecule has 0 aromatic rings. The van der Waals surface area contributed by atoms with Crippen LogP contribution in [0, 0.1) is 0 Å². The zero-order chi connectivity index (χ0) is 10.1. The van der Waals surface area contributed by atoms with Gasteiger partial charge in [0, 0.05) is 12.8 Å². The lowest BCUT2D eigenvalue weighted by Gasteiger charge is -2.28. The molecule has 1 rings (SSSR count). The number of carboxylic acid groups (broad SMARTS) is 1. The predicted molar refractivity (Wildman–Crippen MR) is 54.4 cm³/mol. The second kappa shape index (κ2) is 4.83. The number of amides is 1. The van der Waals surface area contributed by atoms with E-state index in [1.54, 1.807) is 0 Å². The van der Waals surface area contributed by atoms with Crippen LogP contribution in [-0.4, -0.2) is 40.7 Å². The highest BCUT2D eigenvalue weighted by Crippen LogP contribution is 2.22. The first kappa shape index (κ1) is 13.5. The zero-order valence-corrected chi connectivity index (χ0v) is 9.39. The van der Waals surface area contributed by atoms with E-state index in [0.29, 0.717) is 19.4 Å². The van der Waals surface area contributed by atoms with Crippen molar-refractivity contribution in [2.75, 3.05) is 13.1 Å². The van der Waals surface area contributed by atoms with E-state index in [2.05, 4.69) is 0 Å². The molecule has 14 heavy (non-hydrogen) atoms. The lowest BCUT2D eigenvalue weighted by atomic mass is 10.2. The summed E-state index contributed by atoms with van der Waals surface area (Å²) in [4.78, 5) is 22.1. The largest absolute Gasteiger partial charge is 0.477 e. The molecule has 82 valence electrons. The van der Waals surface area contributed by atoms with Crippen LogP contribution in [0.25, 0.3) is 0 Å². The van der Waals surface area contributed by atoms with Crippen molar-refractivity contribution < 1.29 is 19.3 Å². The van der Waals surface area contributed by atoms with Crippen LogP contribution in [-0.2, 0) is 9.59 Å². The molecule has 1 unspecified atom stereocenters. The molecule has 1 heterocycles. The summed E-state index contributed by atoms with van der Waals surface area (Å²) in [6.45, 7) is 0.160. The Hall–Kier alpha value is -0.500. The summed E-state index contributed by atoms with van der Waals surface area (Å²) >= 11 is 0. The Morgan fingerprint density at radius 1 is 1.50 bits per heavy atom. The number of carboxylic acids is 1. The summed E-state index contributed by atoms with van der Waals surface area (Å²) in [6.07, 6.45) is 1.09. The zero-order valence-electron chi connectivity index (χ0n) is 7.68. The quantitative estimate of drug-likeness (QED) is 0.338. The van der Waals surface area contributed by atoms with Crippen molar-refractivity contribution in [1.29, 1.82) is 0 Å². The van der Waals surface area contributed by atoms with Gasteiger partial charge in [0.05, 0.1) is 0 Å². The van der Waals surface area contributed by atoms with Gasteiger partial charge in [-0.25, -0.2) is 9.59 Å². The van der Waals surface area contributed by atoms with Crippen molar-refractivity contribution in [2.45, 2.75) is 18.9 Å². The molecule has 2 atom stereocenters. The predicted octanol–water partition coefficient (Wildman–Crippen LogP) is -1.01. The summed E-state index contributed by atoms with van der Waals surface area (Å²) < 4.78 is -0.536. The van der Waals surface area contributed by atoms with E-state index in [-0.39, 0.29) is 23.5 Å². The third kappa shape index (κ3) is 2.11. The van der Waals surface area contributed by atoms with E-state index in [1.165, 1.54) is 0 Å². The van der Waals surface area contributed by atoms with E-state index < -0.39 is 22.5 Å². The van der Waals surface area contributed by atoms with E-state index in [1.807, 2.05) is 0 Å². The van der Waals surface area contributed by atoms with Crippen molar-refractivity contribution in [3.63, 3.8) is 0 Å². The Morgan fingerprint density at radius 3 is 2.50 bits per heavy atom. The van der Waals surface area contributed by atoms with Crippen LogP contribution < -0.4 is 11.6 Å². The topological polar surface area (TPSA) is 106 Å². The highest BCUT2D eigenvalue weighted by Gasteiger charge is 2.49. The highest BCUT2D eigenvalue weighted by molar-refractivity contribution is 8.93. The molecule has 0 spiro atoms. The van der Waals surface area contributed by atoms with Crippen LogP contribution in [0.4, 0.5) is 0 Å². The fourth-order valence-corrected chi connectivity index (χ4v) is 1.72. The van der Waals surface area contributed by atoms with Gasteiger partial charge in [-0.2, -0.15) is 10.4 Å². The molecular formula is C7H15BrN3O3+. The number of nitrogens with zero attached hydrogens (tertiary/aromatic N) is 1. The third-order valence-corrected chi connectivity index (χ3v) is 2.49. The molecule has 5 N–H and O–H groups in total. The van der Waals surface area contributed by atoms with Gasteiger partial charge in [0.15, 0.2) is 0 Å². The summed E-state index contributed by atoms with van der Waals surface area (Å²) in [5, 5.41) is 8.80. The fourth-order valence-electron chi connectivity index (χ4n) is 1.72. The molecule has 1 aliphatic rings. The Balaban J connectivity index is 0.00000169. The Bertz CT molecular complexity index is 248. The smallest absolute Gasteiger partial charge is 0.364 e. The monoisotopic (exact) mass is 268 g/mol. The molecule has 6 nitrogen and oxygen atoms in total. The van der Waals surface area contributed by atoms with Gasteiger partial charge in [0.25, 0.3) is 0 Å². The maximum absolute atomic E-state index is 11.3. The number of rotatable bonds is 2. The average Bonchev–Trinajstić information content (AvgIpc) is 2.47. The molecular weight excluding hydrogens is 254 g/mol. The second-order valence-corrected chi connectivity index (χ2v) is 3.25. The molecule has 7 heteroatoms. The van der Waals surface area contributed by atoms with Crippen LogP contribution in [0.3, 0.4) is 0 Å². The van der Waals surface area contributed by atoms with Crippen LogP contribution in [0.2, 0.25) is 0 Å². The molecule has 1 fully saturated rings. The van der Waals surface area contributed by atoms with Crippen LogP contribution in [0.1, 0.15) is 12.8 Å². The number of carbonyl (C=O) groups excluding carboxylic acids is 1. The minimum absolute atomic E-state index is 0. The van der Waals surface area contributed by atoms with Crippen molar-refractivity contribution in [3.8, 4) is 0 Å². The van der Waals surface area contributed by atoms with Crippen molar-refractivity contribution in [2.24, 2.45) is 11.6 Å². The van der Waals surface area contributed by atoms with Gasteiger partial charge in [-0.3, -0.25) is 0 Å². The SMILES string of the molecule is Br.NCC(=O)[N+]1(N)CCC[C@H]1C(=O)O. The normalized spacial score (nSPS) is 30.9. The minimum atomic E-state index is -1.03. The molecule has 0 aromatic carbocycles. The van der Waals surface area contributed by atoms with E-state index in [4.69, 9.17) is 16.7 Å². The van der Waals surface area contributed by atoms with Crippen molar-refractivity contribution >= 4 is 28.9 Å². The van der Waals surface area contributed by atoms with Crippen molar-refractivity contribution in [3.05, 3.63) is 0 Å². The first-order valence-corrected chi connectivity index (χ1v) is 4.15. The number of carbonyl (C=O) groups is 2. The van der Waals surface area contributed by atoms with Gasteiger partial charge in [-0.05, 0) is 0 Å². The standard InChI is InChI=1S/C7H13N3O3.BrH/c8-4-6(11)10(9)3-1-2-5(10)7(12)13;/h5H,1-4,8-9H2;1H/p+1/t5-,10?;/m0./s1. The summed E-state index contributed by atoms with van der Waals surface area (Å²) in [7, 11) is 0. The number of hydrogen-bond donors (Lipinski definition) is 3. The Labute approximate surface area is 92.2 Å². The van der Waals surface area contributed by atoms with Crippen LogP contribution in [0.15, 0.2) is 0 Å². The van der Waals surface area contributed by atoms with Gasteiger partial charge in [-0.15, -0.1) is 17.0 Å². The maximum atomic E-state index is 11.3. The summed E-state index contributed by atoms with van der Waals surface area (Å²) in [5.41, 5.74) is 5.16. The van der Waals surface area contributed by atoms with E-state index in [0.717, 1.165) is 0 Å². The molecule has 1 aliphatic heterocycles. The molecule has 0 bridgehead atoms. The first-order chi connectivity index (χ1) is 6.02. The molecule has 0 aliphatic carbocycles. The Kier molecular flexibility index (Phi) is 4.66. The van der Waals surface area contributed by atoms with Crippen LogP contribution >= 0.6 is 17.0 Å². The lowest BCUT2D eigenvalue weighted by Crippen LogP contribution is -2.65. The van der Waals surface area contributed by atoms with Gasteiger partial charge in [0.2, 0.25) is 6.04 Å². The number of nitrogens with two attached hydrogens (primary N) is 2. The Morgan fingerprint density at radius 2 is 2.07 bits per heavy atom. The highest BCUT2D eigenvalue weighted by atomic mass is 79.9. The van der Waals surface area contributed by atoms with Gasteiger partial charge >= 0.3 is 11.9 Å². The lowest BCUT2D eigenvalue weighted by molar-refractivity contribution is -0.869. The maximum Gasteiger partial charge on any atom is 0.364 e. The molecule has 0 aromatic heterocycles. The first-order valence-electron chi connectivity index (χ1n) is 4.15. The third-order valence-electron chi connectivity index (χ3n) is 2.49. The number of likely N-dealkylation sites (tertiary alicyclic amines) is 1.